The van der Waals surface area contributed by atoms with Gasteiger partial charge in [-0.25, -0.2) is 0 Å². The molecule has 0 aromatic heterocycles. The van der Waals surface area contributed by atoms with Crippen molar-refractivity contribution in [2.45, 2.75) is 168 Å². The molecule has 1 aliphatic rings. The summed E-state index contributed by atoms with van der Waals surface area (Å²) in [5, 5.41) is 0. The zero-order valence-corrected chi connectivity index (χ0v) is 32.6. The van der Waals surface area contributed by atoms with Crippen LogP contribution in [0.1, 0.15) is 162 Å². The van der Waals surface area contributed by atoms with Crippen molar-refractivity contribution >= 4 is 12.3 Å². The monoisotopic (exact) mass is 619 g/mol. The van der Waals surface area contributed by atoms with Gasteiger partial charge in [0, 0.05) is 25.6 Å². The zero-order valence-electron chi connectivity index (χ0n) is 32.6. The second kappa shape index (κ2) is 16.7. The lowest BCUT2D eigenvalue weighted by Crippen LogP contribution is -2.59. The van der Waals surface area contributed by atoms with Crippen LogP contribution in [-0.4, -0.2) is 47.8 Å². The lowest BCUT2D eigenvalue weighted by Gasteiger charge is -2.47. The van der Waals surface area contributed by atoms with Crippen molar-refractivity contribution in [3.05, 3.63) is 0 Å². The Balaban J connectivity index is 3.30. The molecule has 7 unspecified atom stereocenters. The molecule has 0 N–H and O–H groups in total. The van der Waals surface area contributed by atoms with E-state index >= 15 is 0 Å². The lowest BCUT2D eigenvalue weighted by atomic mass is 9.72. The fourth-order valence-corrected chi connectivity index (χ4v) is 8.74. The van der Waals surface area contributed by atoms with E-state index in [9.17, 15) is 9.59 Å². The highest BCUT2D eigenvalue weighted by molar-refractivity contribution is 5.79. The Bertz CT molecular complexity index is 853. The number of carbonyl (C=O) groups excluding carboxylic acids is 2. The van der Waals surface area contributed by atoms with E-state index in [1.165, 1.54) is 19.3 Å². The topological polar surface area (TPSA) is 40.6 Å². The van der Waals surface area contributed by atoms with Crippen LogP contribution in [0.25, 0.3) is 0 Å². The second-order valence-corrected chi connectivity index (χ2v) is 20.3. The van der Waals surface area contributed by atoms with E-state index in [1.807, 2.05) is 0 Å². The molecule has 0 radical (unpaired) electrons. The van der Waals surface area contributed by atoms with Crippen LogP contribution >= 0.6 is 0 Å². The lowest BCUT2D eigenvalue weighted by molar-refractivity contribution is -0.145. The largest absolute Gasteiger partial charge is 0.339 e. The fourth-order valence-electron chi connectivity index (χ4n) is 8.74. The van der Waals surface area contributed by atoms with Gasteiger partial charge in [-0.3, -0.25) is 9.59 Å². The molecule has 0 aromatic rings. The van der Waals surface area contributed by atoms with Crippen LogP contribution in [0.5, 0.6) is 0 Å². The van der Waals surface area contributed by atoms with Gasteiger partial charge in [-0.1, -0.05) is 117 Å². The highest BCUT2D eigenvalue weighted by Crippen LogP contribution is 2.39. The average Bonchev–Trinajstić information content (AvgIpc) is 2.79. The van der Waals surface area contributed by atoms with Crippen molar-refractivity contribution in [3.63, 3.8) is 0 Å². The Morgan fingerprint density at radius 1 is 0.636 bits per heavy atom. The highest BCUT2D eigenvalue weighted by Gasteiger charge is 2.40. The van der Waals surface area contributed by atoms with E-state index in [-0.39, 0.29) is 22.8 Å². The van der Waals surface area contributed by atoms with Gasteiger partial charge in [0.15, 0.2) is 0 Å². The number of rotatable bonds is 15. The predicted octanol–water partition coefficient (Wildman–Crippen LogP) is 10.7. The summed E-state index contributed by atoms with van der Waals surface area (Å²) in [6.07, 6.45) is 9.98. The molecule has 260 valence electrons. The van der Waals surface area contributed by atoms with Crippen molar-refractivity contribution in [2.75, 3.05) is 19.6 Å². The summed E-state index contributed by atoms with van der Waals surface area (Å²) in [5.74, 6) is 2.82. The number of amides is 2. The first kappa shape index (κ1) is 41.0. The van der Waals surface area contributed by atoms with E-state index in [1.54, 1.807) is 0 Å². The number of hydrogen-bond donors (Lipinski definition) is 0. The minimum absolute atomic E-state index is 0.0392. The Morgan fingerprint density at radius 2 is 1.07 bits per heavy atom. The maximum Gasteiger partial charge on any atom is 0.226 e. The molecule has 0 aliphatic carbocycles. The van der Waals surface area contributed by atoms with Crippen molar-refractivity contribution in [2.24, 2.45) is 57.2 Å². The van der Waals surface area contributed by atoms with Gasteiger partial charge in [-0.15, -0.1) is 0 Å². The number of piperazine rings is 1. The first-order valence-corrected chi connectivity index (χ1v) is 18.3. The summed E-state index contributed by atoms with van der Waals surface area (Å²) in [6, 6.07) is 0.0859. The van der Waals surface area contributed by atoms with Crippen LogP contribution < -0.4 is 0 Å². The van der Waals surface area contributed by atoms with Crippen LogP contribution in [0.3, 0.4) is 0 Å². The van der Waals surface area contributed by atoms with Crippen LogP contribution in [0.15, 0.2) is 0 Å². The van der Waals surface area contributed by atoms with Crippen molar-refractivity contribution in [1.29, 1.82) is 0 Å². The Hall–Kier alpha value is -1.06. The van der Waals surface area contributed by atoms with Gasteiger partial charge in [-0.05, 0) is 96.2 Å². The van der Waals surface area contributed by atoms with Crippen LogP contribution in [0.4, 0.5) is 0 Å². The number of nitrogens with zero attached hydrogens (tertiary/aromatic N) is 2. The summed E-state index contributed by atoms with van der Waals surface area (Å²) < 4.78 is 0. The summed E-state index contributed by atoms with van der Waals surface area (Å²) in [6.45, 7) is 39.3. The van der Waals surface area contributed by atoms with Gasteiger partial charge in [-0.2, -0.15) is 0 Å². The van der Waals surface area contributed by atoms with E-state index in [0.29, 0.717) is 66.0 Å². The minimum Gasteiger partial charge on any atom is -0.339 e. The number of carbonyl (C=O) groups is 2. The van der Waals surface area contributed by atoms with Crippen LogP contribution in [0, 0.1) is 57.2 Å². The van der Waals surface area contributed by atoms with Gasteiger partial charge < -0.3 is 9.80 Å². The normalized spacial score (nSPS) is 21.4. The molecule has 7 atom stereocenters. The van der Waals surface area contributed by atoms with E-state index < -0.39 is 0 Å². The van der Waals surface area contributed by atoms with E-state index in [0.717, 1.165) is 38.5 Å². The summed E-state index contributed by atoms with van der Waals surface area (Å²) in [5.41, 5.74) is 1.03. The molecular formula is C40H78N2O2. The van der Waals surface area contributed by atoms with Gasteiger partial charge in [0.2, 0.25) is 12.3 Å². The number of hydrogen-bond acceptors (Lipinski definition) is 2. The molecule has 1 aliphatic heterocycles. The van der Waals surface area contributed by atoms with Gasteiger partial charge in [0.05, 0.1) is 6.04 Å². The van der Waals surface area contributed by atoms with E-state index in [4.69, 9.17) is 0 Å². The Labute approximate surface area is 276 Å². The summed E-state index contributed by atoms with van der Waals surface area (Å²) in [4.78, 5) is 31.3. The third-order valence-electron chi connectivity index (χ3n) is 9.89. The zero-order chi connectivity index (χ0) is 34.3. The third kappa shape index (κ3) is 16.0. The molecule has 1 rings (SSSR count). The fraction of sp³-hybridized carbons (Fsp3) is 0.950. The maximum absolute atomic E-state index is 14.5. The molecule has 2 amide bonds. The predicted molar refractivity (Wildman–Crippen MR) is 192 cm³/mol. The molecule has 0 spiro atoms. The molecule has 4 heteroatoms. The molecular weight excluding hydrogens is 540 g/mol. The van der Waals surface area contributed by atoms with Gasteiger partial charge >= 0.3 is 0 Å². The molecule has 0 aromatic carbocycles. The van der Waals surface area contributed by atoms with Gasteiger partial charge in [0.25, 0.3) is 0 Å². The summed E-state index contributed by atoms with van der Waals surface area (Å²) in [7, 11) is 0. The molecule has 4 nitrogen and oxygen atoms in total. The Morgan fingerprint density at radius 3 is 1.50 bits per heavy atom. The van der Waals surface area contributed by atoms with Crippen molar-refractivity contribution in [1.82, 2.24) is 9.80 Å². The first-order chi connectivity index (χ1) is 19.8. The van der Waals surface area contributed by atoms with Crippen LogP contribution in [-0.2, 0) is 9.59 Å². The third-order valence-corrected chi connectivity index (χ3v) is 9.89. The average molecular weight is 619 g/mol. The summed E-state index contributed by atoms with van der Waals surface area (Å²) >= 11 is 0. The van der Waals surface area contributed by atoms with Crippen molar-refractivity contribution in [3.8, 4) is 0 Å². The SMILES string of the molecule is CC(CCC(C(=O)N1CCN(C=O)C(C(CCC(C)CC(C)(C)C)C(C)CC(C)(C)C)C1)C(C)CC(C)(C)C)CC(C)(C)C. The molecule has 0 saturated carbocycles. The highest BCUT2D eigenvalue weighted by atomic mass is 16.2. The molecule has 44 heavy (non-hydrogen) atoms. The molecule has 0 bridgehead atoms. The van der Waals surface area contributed by atoms with E-state index in [2.05, 4.69) is 121 Å². The Kier molecular flexibility index (Phi) is 15.5. The molecule has 1 saturated heterocycles. The smallest absolute Gasteiger partial charge is 0.226 e. The molecule has 1 heterocycles. The molecule has 1 fully saturated rings. The standard InChI is InChI=1S/C40H78N2O2/c1-29(23-37(5,6)7)17-19-33(31(3)25-39(11,12)13)35-27-41(21-22-42(35)28-43)36(44)34(32(4)26-40(14,15)16)20-18-30(2)24-38(8,9)10/h28-35H,17-27H2,1-16H3. The quantitative estimate of drug-likeness (QED) is 0.171. The minimum atomic E-state index is 0.0392. The second-order valence-electron chi connectivity index (χ2n) is 20.3. The first-order valence-electron chi connectivity index (χ1n) is 18.3. The van der Waals surface area contributed by atoms with Gasteiger partial charge in [0.1, 0.15) is 0 Å². The van der Waals surface area contributed by atoms with Crippen molar-refractivity contribution < 1.29 is 9.59 Å². The van der Waals surface area contributed by atoms with Crippen LogP contribution in [0.2, 0.25) is 0 Å². The maximum atomic E-state index is 14.5.